The number of rotatable bonds is 5. The molecule has 0 saturated heterocycles. The average Bonchev–Trinajstić information content (AvgIpc) is 3.03. The summed E-state index contributed by atoms with van der Waals surface area (Å²) in [6.07, 6.45) is 4.55. The number of hydrogen-bond donors (Lipinski definition) is 1. The van der Waals surface area contributed by atoms with E-state index in [0.717, 1.165) is 19.4 Å². The average molecular weight is 226 g/mol. The van der Waals surface area contributed by atoms with Gasteiger partial charge in [-0.3, -0.25) is 4.79 Å². The van der Waals surface area contributed by atoms with Crippen LogP contribution in [0.15, 0.2) is 0 Å². The molecule has 90 valence electrons. The van der Waals surface area contributed by atoms with Gasteiger partial charge in [0.1, 0.15) is 6.54 Å². The van der Waals surface area contributed by atoms with E-state index in [1.165, 1.54) is 17.7 Å². The Morgan fingerprint density at radius 2 is 1.88 bits per heavy atom. The number of carbonyl (C=O) groups is 2. The predicted molar refractivity (Wildman–Crippen MR) is 58.1 cm³/mol. The van der Waals surface area contributed by atoms with Crippen LogP contribution in [0.3, 0.4) is 0 Å². The van der Waals surface area contributed by atoms with E-state index in [0.29, 0.717) is 12.0 Å². The van der Waals surface area contributed by atoms with Crippen LogP contribution in [-0.4, -0.2) is 53.1 Å². The summed E-state index contributed by atoms with van der Waals surface area (Å²) in [7, 11) is 1.55. The van der Waals surface area contributed by atoms with Crippen molar-refractivity contribution in [2.45, 2.75) is 31.7 Å². The zero-order valence-corrected chi connectivity index (χ0v) is 9.56. The van der Waals surface area contributed by atoms with Gasteiger partial charge in [0.15, 0.2) is 0 Å². The number of hydrogen-bond acceptors (Lipinski definition) is 2. The highest BCUT2D eigenvalue weighted by atomic mass is 16.4. The van der Waals surface area contributed by atoms with Crippen LogP contribution in [0.5, 0.6) is 0 Å². The lowest BCUT2D eigenvalue weighted by molar-refractivity contribution is -0.137. The molecule has 0 aromatic heterocycles. The number of nitrogens with zero attached hydrogens (tertiary/aromatic N) is 2. The Bertz CT molecular complexity index is 298. The predicted octanol–water partition coefficient (Wildman–Crippen LogP) is 0.997. The Morgan fingerprint density at radius 3 is 2.31 bits per heavy atom. The zero-order chi connectivity index (χ0) is 11.7. The molecular weight excluding hydrogens is 208 g/mol. The van der Waals surface area contributed by atoms with Gasteiger partial charge >= 0.3 is 12.0 Å². The molecular formula is C11H18N2O3. The van der Waals surface area contributed by atoms with Gasteiger partial charge in [0.2, 0.25) is 0 Å². The minimum atomic E-state index is -0.960. The molecule has 2 rings (SSSR count). The van der Waals surface area contributed by atoms with Crippen molar-refractivity contribution in [3.05, 3.63) is 0 Å². The fourth-order valence-electron chi connectivity index (χ4n) is 1.84. The van der Waals surface area contributed by atoms with Gasteiger partial charge in [0, 0.05) is 19.6 Å². The number of aliphatic carboxylic acids is 1. The van der Waals surface area contributed by atoms with Crippen molar-refractivity contribution in [3.63, 3.8) is 0 Å². The van der Waals surface area contributed by atoms with Gasteiger partial charge in [-0.05, 0) is 31.6 Å². The molecule has 5 nitrogen and oxygen atoms in total. The molecule has 0 aliphatic heterocycles. The first kappa shape index (κ1) is 11.2. The normalized spacial score (nSPS) is 19.3. The highest BCUT2D eigenvalue weighted by Crippen LogP contribution is 2.35. The van der Waals surface area contributed by atoms with E-state index < -0.39 is 5.97 Å². The molecule has 0 bridgehead atoms. The van der Waals surface area contributed by atoms with Crippen LogP contribution in [0, 0.1) is 5.92 Å². The van der Waals surface area contributed by atoms with E-state index in [-0.39, 0.29) is 12.6 Å². The smallest absolute Gasteiger partial charge is 0.323 e. The molecule has 2 saturated carbocycles. The van der Waals surface area contributed by atoms with Crippen molar-refractivity contribution in [2.75, 3.05) is 20.1 Å². The van der Waals surface area contributed by atoms with Crippen LogP contribution < -0.4 is 0 Å². The van der Waals surface area contributed by atoms with Crippen molar-refractivity contribution >= 4 is 12.0 Å². The molecule has 0 heterocycles. The molecule has 0 spiro atoms. The number of carboxylic acid groups (broad SMARTS) is 1. The van der Waals surface area contributed by atoms with Gasteiger partial charge in [-0.25, -0.2) is 4.79 Å². The van der Waals surface area contributed by atoms with Crippen molar-refractivity contribution in [1.82, 2.24) is 9.80 Å². The van der Waals surface area contributed by atoms with E-state index in [2.05, 4.69) is 0 Å². The molecule has 1 N–H and O–H groups in total. The van der Waals surface area contributed by atoms with Crippen molar-refractivity contribution in [3.8, 4) is 0 Å². The first-order valence-corrected chi connectivity index (χ1v) is 5.81. The summed E-state index contributed by atoms with van der Waals surface area (Å²) in [6.45, 7) is 0.597. The Hall–Kier alpha value is -1.26. The zero-order valence-electron chi connectivity index (χ0n) is 9.56. The molecule has 0 radical (unpaired) electrons. The molecule has 2 aliphatic carbocycles. The van der Waals surface area contributed by atoms with Crippen LogP contribution in [0.25, 0.3) is 0 Å². The second kappa shape index (κ2) is 4.31. The minimum absolute atomic E-state index is 0.128. The third-order valence-corrected chi connectivity index (χ3v) is 3.08. The third kappa shape index (κ3) is 2.87. The van der Waals surface area contributed by atoms with Crippen LogP contribution in [0.2, 0.25) is 0 Å². The van der Waals surface area contributed by atoms with Gasteiger partial charge in [0.05, 0.1) is 0 Å². The summed E-state index contributed by atoms with van der Waals surface area (Å²) in [5, 5.41) is 8.65. The van der Waals surface area contributed by atoms with Gasteiger partial charge < -0.3 is 14.9 Å². The van der Waals surface area contributed by atoms with Gasteiger partial charge in [-0.15, -0.1) is 0 Å². The molecule has 0 unspecified atom stereocenters. The maximum Gasteiger partial charge on any atom is 0.323 e. The number of likely N-dealkylation sites (N-methyl/N-ethyl adjacent to an activating group) is 1. The van der Waals surface area contributed by atoms with E-state index in [1.807, 2.05) is 4.90 Å². The highest BCUT2D eigenvalue weighted by Gasteiger charge is 2.37. The fraction of sp³-hybridized carbons (Fsp3) is 0.818. The lowest BCUT2D eigenvalue weighted by atomic mass is 10.3. The highest BCUT2D eigenvalue weighted by molar-refractivity contribution is 5.80. The van der Waals surface area contributed by atoms with Crippen LogP contribution >= 0.6 is 0 Å². The van der Waals surface area contributed by atoms with Gasteiger partial charge in [-0.2, -0.15) is 0 Å². The summed E-state index contributed by atoms with van der Waals surface area (Å²) in [5.41, 5.74) is 0. The monoisotopic (exact) mass is 226 g/mol. The molecule has 0 aromatic carbocycles. The van der Waals surface area contributed by atoms with Gasteiger partial charge in [-0.1, -0.05) is 0 Å². The molecule has 2 fully saturated rings. The lowest BCUT2D eigenvalue weighted by Gasteiger charge is -2.27. The number of urea groups is 1. The number of carboxylic acids is 1. The first-order chi connectivity index (χ1) is 7.58. The van der Waals surface area contributed by atoms with Crippen molar-refractivity contribution in [1.29, 1.82) is 0 Å². The largest absolute Gasteiger partial charge is 0.480 e. The SMILES string of the molecule is CN(CC(=O)O)C(=O)N(CC1CC1)C1CC1. The second-order valence-corrected chi connectivity index (χ2v) is 4.86. The standard InChI is InChI=1S/C11H18N2O3/c1-12(7-10(14)15)11(16)13(9-4-5-9)6-8-2-3-8/h8-9H,2-7H2,1H3,(H,14,15). The van der Waals surface area contributed by atoms with Crippen LogP contribution in [0.4, 0.5) is 4.79 Å². The van der Waals surface area contributed by atoms with E-state index in [9.17, 15) is 9.59 Å². The topological polar surface area (TPSA) is 60.9 Å². The molecule has 0 aromatic rings. The summed E-state index contributed by atoms with van der Waals surface area (Å²) < 4.78 is 0. The Balaban J connectivity index is 1.89. The molecule has 0 atom stereocenters. The van der Waals surface area contributed by atoms with Crippen molar-refractivity contribution in [2.24, 2.45) is 5.92 Å². The maximum absolute atomic E-state index is 12.0. The molecule has 2 amide bonds. The first-order valence-electron chi connectivity index (χ1n) is 5.81. The number of carbonyl (C=O) groups excluding carboxylic acids is 1. The number of amides is 2. The third-order valence-electron chi connectivity index (χ3n) is 3.08. The molecule has 5 heteroatoms. The van der Waals surface area contributed by atoms with Crippen molar-refractivity contribution < 1.29 is 14.7 Å². The summed E-state index contributed by atoms with van der Waals surface area (Å²) in [4.78, 5) is 25.7. The quantitative estimate of drug-likeness (QED) is 0.760. The van der Waals surface area contributed by atoms with Gasteiger partial charge in [0.25, 0.3) is 0 Å². The summed E-state index contributed by atoms with van der Waals surface area (Å²) in [6, 6.07) is 0.237. The van der Waals surface area contributed by atoms with E-state index in [1.54, 1.807) is 7.05 Å². The second-order valence-electron chi connectivity index (χ2n) is 4.86. The van der Waals surface area contributed by atoms with Crippen LogP contribution in [-0.2, 0) is 4.79 Å². The van der Waals surface area contributed by atoms with E-state index >= 15 is 0 Å². The maximum atomic E-state index is 12.0. The summed E-state index contributed by atoms with van der Waals surface area (Å²) >= 11 is 0. The van der Waals surface area contributed by atoms with Crippen LogP contribution in [0.1, 0.15) is 25.7 Å². The Morgan fingerprint density at radius 1 is 1.25 bits per heavy atom. The lowest BCUT2D eigenvalue weighted by Crippen LogP contribution is -2.45. The Kier molecular flexibility index (Phi) is 3.03. The fourth-order valence-corrected chi connectivity index (χ4v) is 1.84. The Labute approximate surface area is 95.0 Å². The molecule has 2 aliphatic rings. The van der Waals surface area contributed by atoms with E-state index in [4.69, 9.17) is 5.11 Å². The summed E-state index contributed by atoms with van der Waals surface area (Å²) in [5.74, 6) is -0.305. The molecule has 16 heavy (non-hydrogen) atoms. The minimum Gasteiger partial charge on any atom is -0.480 e.